The first-order chi connectivity index (χ1) is 7.08. The predicted octanol–water partition coefficient (Wildman–Crippen LogP) is 1.05. The molecule has 1 atom stereocenters. The van der Waals surface area contributed by atoms with Crippen molar-refractivity contribution in [3.63, 3.8) is 0 Å². The highest BCUT2D eigenvalue weighted by Gasteiger charge is 2.31. The van der Waals surface area contributed by atoms with Crippen molar-refractivity contribution in [2.45, 2.75) is 44.6 Å². The van der Waals surface area contributed by atoms with Gasteiger partial charge in [0.05, 0.1) is 0 Å². The van der Waals surface area contributed by atoms with E-state index in [9.17, 15) is 4.79 Å². The number of carbonyl (C=O) groups is 1. The number of hydrogen-bond donors (Lipinski definition) is 2. The second kappa shape index (κ2) is 5.47. The zero-order valence-corrected chi connectivity index (χ0v) is 9.54. The monoisotopic (exact) mass is 214 g/mol. The Morgan fingerprint density at radius 2 is 2.07 bits per heavy atom. The van der Waals surface area contributed by atoms with Gasteiger partial charge in [0.15, 0.2) is 0 Å². The first-order valence-corrected chi connectivity index (χ1v) is 5.83. The lowest BCUT2D eigenvalue weighted by Crippen LogP contribution is -2.47. The van der Waals surface area contributed by atoms with E-state index in [1.165, 1.54) is 12.8 Å². The van der Waals surface area contributed by atoms with Crippen molar-refractivity contribution < 1.29 is 9.90 Å². The highest BCUT2D eigenvalue weighted by atomic mass is 16.4. The van der Waals surface area contributed by atoms with Gasteiger partial charge >= 0.3 is 5.97 Å². The van der Waals surface area contributed by atoms with Gasteiger partial charge < -0.3 is 15.7 Å². The molecule has 0 amide bonds. The van der Waals surface area contributed by atoms with E-state index >= 15 is 0 Å². The summed E-state index contributed by atoms with van der Waals surface area (Å²) in [5.41, 5.74) is 4.79. The molecule has 0 bridgehead atoms. The quantitative estimate of drug-likeness (QED) is 0.693. The Balaban J connectivity index is 2.25. The van der Waals surface area contributed by atoms with Crippen LogP contribution in [0.15, 0.2) is 0 Å². The maximum atomic E-state index is 10.9. The van der Waals surface area contributed by atoms with Gasteiger partial charge in [-0.25, -0.2) is 0 Å². The second-order valence-electron chi connectivity index (χ2n) is 4.47. The third kappa shape index (κ3) is 3.47. The van der Waals surface area contributed by atoms with Gasteiger partial charge in [-0.15, -0.1) is 0 Å². The maximum Gasteiger partial charge on any atom is 0.323 e. The normalized spacial score (nSPS) is 21.5. The fourth-order valence-corrected chi connectivity index (χ4v) is 2.06. The van der Waals surface area contributed by atoms with Crippen LogP contribution in [0.2, 0.25) is 0 Å². The number of aliphatic carboxylic acids is 1. The Hall–Kier alpha value is -0.610. The lowest BCUT2D eigenvalue weighted by Gasteiger charge is -2.24. The summed E-state index contributed by atoms with van der Waals surface area (Å²) in [6.07, 6.45) is 4.52. The molecule has 1 fully saturated rings. The van der Waals surface area contributed by atoms with Gasteiger partial charge in [0.25, 0.3) is 0 Å². The first-order valence-electron chi connectivity index (χ1n) is 5.83. The topological polar surface area (TPSA) is 66.6 Å². The van der Waals surface area contributed by atoms with Crippen LogP contribution in [0.3, 0.4) is 0 Å². The molecule has 0 spiro atoms. The molecule has 15 heavy (non-hydrogen) atoms. The maximum absolute atomic E-state index is 10.9. The van der Waals surface area contributed by atoms with Gasteiger partial charge in [-0.1, -0.05) is 6.92 Å². The Labute approximate surface area is 91.4 Å². The smallest absolute Gasteiger partial charge is 0.323 e. The molecule has 88 valence electrons. The van der Waals surface area contributed by atoms with E-state index in [2.05, 4.69) is 4.90 Å². The largest absolute Gasteiger partial charge is 0.480 e. The zero-order valence-electron chi connectivity index (χ0n) is 9.54. The fraction of sp³-hybridized carbons (Fsp3) is 0.909. The minimum absolute atomic E-state index is 0.502. The second-order valence-corrected chi connectivity index (χ2v) is 4.47. The van der Waals surface area contributed by atoms with Crippen molar-refractivity contribution in [3.05, 3.63) is 0 Å². The van der Waals surface area contributed by atoms with Crippen LogP contribution in [0.4, 0.5) is 0 Å². The highest BCUT2D eigenvalue weighted by Crippen LogP contribution is 2.16. The fourth-order valence-electron chi connectivity index (χ4n) is 2.06. The van der Waals surface area contributed by atoms with Gasteiger partial charge in [0, 0.05) is 0 Å². The molecule has 1 saturated heterocycles. The summed E-state index contributed by atoms with van der Waals surface area (Å²) in [6.45, 7) is 5.16. The van der Waals surface area contributed by atoms with E-state index < -0.39 is 11.5 Å². The number of carboxylic acids is 1. The van der Waals surface area contributed by atoms with Gasteiger partial charge in [0.2, 0.25) is 0 Å². The number of likely N-dealkylation sites (tertiary alicyclic amines) is 1. The third-order valence-electron chi connectivity index (χ3n) is 3.35. The summed E-state index contributed by atoms with van der Waals surface area (Å²) in [5.74, 6) is -0.869. The van der Waals surface area contributed by atoms with Crippen LogP contribution < -0.4 is 5.73 Å². The molecule has 1 unspecified atom stereocenters. The lowest BCUT2D eigenvalue weighted by molar-refractivity contribution is -0.143. The Bertz CT molecular complexity index is 215. The Kier molecular flexibility index (Phi) is 4.54. The van der Waals surface area contributed by atoms with Crippen molar-refractivity contribution >= 4 is 5.97 Å². The van der Waals surface area contributed by atoms with Gasteiger partial charge in [-0.05, 0) is 51.7 Å². The summed E-state index contributed by atoms with van der Waals surface area (Å²) < 4.78 is 0. The van der Waals surface area contributed by atoms with Crippen LogP contribution in [-0.2, 0) is 4.79 Å². The molecule has 4 nitrogen and oxygen atoms in total. The molecular weight excluding hydrogens is 192 g/mol. The molecule has 1 aliphatic rings. The molecule has 0 aromatic carbocycles. The molecule has 0 saturated carbocycles. The van der Waals surface area contributed by atoms with E-state index in [0.717, 1.165) is 26.1 Å². The average Bonchev–Trinajstić information content (AvgIpc) is 2.70. The number of rotatable bonds is 6. The van der Waals surface area contributed by atoms with Crippen molar-refractivity contribution in [2.75, 3.05) is 19.6 Å². The summed E-state index contributed by atoms with van der Waals surface area (Å²) in [5, 5.41) is 8.99. The van der Waals surface area contributed by atoms with E-state index in [1.807, 2.05) is 6.92 Å². The van der Waals surface area contributed by atoms with Gasteiger partial charge in [0.1, 0.15) is 5.54 Å². The third-order valence-corrected chi connectivity index (χ3v) is 3.35. The molecule has 3 N–H and O–H groups in total. The van der Waals surface area contributed by atoms with Gasteiger partial charge in [-0.3, -0.25) is 4.79 Å². The van der Waals surface area contributed by atoms with E-state index in [4.69, 9.17) is 10.8 Å². The highest BCUT2D eigenvalue weighted by molar-refractivity contribution is 5.78. The van der Waals surface area contributed by atoms with Gasteiger partial charge in [-0.2, -0.15) is 0 Å². The van der Waals surface area contributed by atoms with E-state index in [-0.39, 0.29) is 0 Å². The van der Waals surface area contributed by atoms with Crippen molar-refractivity contribution in [1.29, 1.82) is 0 Å². The minimum Gasteiger partial charge on any atom is -0.480 e. The van der Waals surface area contributed by atoms with Crippen LogP contribution in [0.5, 0.6) is 0 Å². The van der Waals surface area contributed by atoms with E-state index in [1.54, 1.807) is 0 Å². The van der Waals surface area contributed by atoms with Crippen molar-refractivity contribution in [1.82, 2.24) is 4.90 Å². The molecule has 4 heteroatoms. The SMILES string of the molecule is CCC(N)(CCCN1CCCC1)C(=O)O. The molecule has 0 aromatic heterocycles. The molecule has 0 aromatic rings. The lowest BCUT2D eigenvalue weighted by atomic mass is 9.92. The molecular formula is C11H22N2O2. The Morgan fingerprint density at radius 1 is 1.47 bits per heavy atom. The summed E-state index contributed by atoms with van der Waals surface area (Å²) in [4.78, 5) is 13.3. The average molecular weight is 214 g/mol. The number of nitrogens with two attached hydrogens (primary N) is 1. The van der Waals surface area contributed by atoms with Crippen LogP contribution in [0, 0.1) is 0 Å². The van der Waals surface area contributed by atoms with Crippen LogP contribution in [-0.4, -0.2) is 41.1 Å². The van der Waals surface area contributed by atoms with E-state index in [0.29, 0.717) is 12.8 Å². The van der Waals surface area contributed by atoms with Crippen LogP contribution in [0.25, 0.3) is 0 Å². The summed E-state index contributed by atoms with van der Waals surface area (Å²) >= 11 is 0. The Morgan fingerprint density at radius 3 is 2.53 bits per heavy atom. The van der Waals surface area contributed by atoms with Crippen molar-refractivity contribution in [3.8, 4) is 0 Å². The minimum atomic E-state index is -1.01. The predicted molar refractivity (Wildman–Crippen MR) is 59.8 cm³/mol. The van der Waals surface area contributed by atoms with Crippen LogP contribution in [0.1, 0.15) is 39.0 Å². The van der Waals surface area contributed by atoms with Crippen molar-refractivity contribution in [2.24, 2.45) is 5.73 Å². The molecule has 0 radical (unpaired) electrons. The molecule has 0 aliphatic carbocycles. The molecule has 1 aliphatic heterocycles. The van der Waals surface area contributed by atoms with Crippen LogP contribution >= 0.6 is 0 Å². The number of hydrogen-bond acceptors (Lipinski definition) is 3. The number of nitrogens with zero attached hydrogens (tertiary/aromatic N) is 1. The number of carboxylic acid groups (broad SMARTS) is 1. The summed E-state index contributed by atoms with van der Waals surface area (Å²) in [7, 11) is 0. The molecule has 1 rings (SSSR count). The summed E-state index contributed by atoms with van der Waals surface area (Å²) in [6, 6.07) is 0. The standard InChI is InChI=1S/C11H22N2O2/c1-2-11(12,10(14)15)6-5-9-13-7-3-4-8-13/h2-9,12H2,1H3,(H,14,15). The first kappa shape index (κ1) is 12.5. The molecule has 1 heterocycles. The zero-order chi connectivity index (χ0) is 11.3.